The molecule has 2 amide bonds. The van der Waals surface area contributed by atoms with Crippen LogP contribution in [0, 0.1) is 0 Å². The van der Waals surface area contributed by atoms with E-state index in [0.29, 0.717) is 11.6 Å². The summed E-state index contributed by atoms with van der Waals surface area (Å²) in [6.07, 6.45) is 2.13. The van der Waals surface area contributed by atoms with Crippen LogP contribution in [0.2, 0.25) is 0 Å². The van der Waals surface area contributed by atoms with Gasteiger partial charge < -0.3 is 5.11 Å². The minimum absolute atomic E-state index is 0.0769. The Morgan fingerprint density at radius 2 is 1.63 bits per heavy atom. The maximum atomic E-state index is 12.7. The minimum atomic E-state index is -0.602. The third-order valence-electron chi connectivity index (χ3n) is 4.40. The van der Waals surface area contributed by atoms with Gasteiger partial charge in [0.1, 0.15) is 11.4 Å². The molecule has 1 aromatic heterocycles. The number of hydrazine groups is 1. The first kappa shape index (κ1) is 16.8. The first-order valence-corrected chi connectivity index (χ1v) is 8.67. The second kappa shape index (κ2) is 6.95. The molecule has 1 aliphatic carbocycles. The van der Waals surface area contributed by atoms with Gasteiger partial charge in [0.2, 0.25) is 0 Å². The predicted octanol–water partition coefficient (Wildman–Crippen LogP) is 2.53. The molecule has 0 radical (unpaired) electrons. The third kappa shape index (κ3) is 3.52. The quantitative estimate of drug-likeness (QED) is 0.622. The van der Waals surface area contributed by atoms with Gasteiger partial charge in [-0.05, 0) is 43.2 Å². The van der Waals surface area contributed by atoms with Crippen molar-refractivity contribution in [1.29, 1.82) is 0 Å². The van der Waals surface area contributed by atoms with Gasteiger partial charge in [-0.15, -0.1) is 0 Å². The number of amides is 2. The van der Waals surface area contributed by atoms with E-state index in [-0.39, 0.29) is 11.3 Å². The van der Waals surface area contributed by atoms with E-state index < -0.39 is 11.8 Å². The summed E-state index contributed by atoms with van der Waals surface area (Å²) in [5.74, 6) is -0.858. The van der Waals surface area contributed by atoms with Crippen LogP contribution in [-0.2, 0) is 0 Å². The average molecular weight is 362 g/mol. The van der Waals surface area contributed by atoms with Crippen molar-refractivity contribution in [3.63, 3.8) is 0 Å². The SMILES string of the molecule is O=C(NNC(=O)c1cc(C2CC2)nn1-c1ccccc1)c1ccccc1O. The number of para-hydroxylation sites is 2. The van der Waals surface area contributed by atoms with Gasteiger partial charge in [-0.25, -0.2) is 4.68 Å². The maximum Gasteiger partial charge on any atom is 0.288 e. The fourth-order valence-corrected chi connectivity index (χ4v) is 2.82. The molecule has 1 saturated carbocycles. The third-order valence-corrected chi connectivity index (χ3v) is 4.40. The standard InChI is InChI=1S/C20H18N4O3/c25-18-9-5-4-8-15(18)19(26)21-22-20(27)17-12-16(13-10-11-13)23-24(17)14-6-2-1-3-7-14/h1-9,12-13,25H,10-11H2,(H,21,26)(H,22,27). The zero-order valence-electron chi connectivity index (χ0n) is 14.4. The molecule has 3 aromatic rings. The number of nitrogens with one attached hydrogen (secondary N) is 2. The number of aromatic nitrogens is 2. The molecule has 7 nitrogen and oxygen atoms in total. The van der Waals surface area contributed by atoms with Crippen molar-refractivity contribution in [1.82, 2.24) is 20.6 Å². The van der Waals surface area contributed by atoms with Crippen LogP contribution in [0.15, 0.2) is 60.7 Å². The lowest BCUT2D eigenvalue weighted by atomic mass is 10.2. The van der Waals surface area contributed by atoms with Gasteiger partial charge in [0.25, 0.3) is 11.8 Å². The van der Waals surface area contributed by atoms with Crippen LogP contribution in [0.3, 0.4) is 0 Å². The van der Waals surface area contributed by atoms with E-state index >= 15 is 0 Å². The van der Waals surface area contributed by atoms with E-state index in [1.54, 1.807) is 22.9 Å². The average Bonchev–Trinajstić information content (AvgIpc) is 3.45. The number of carbonyl (C=O) groups excluding carboxylic acids is 2. The molecule has 1 heterocycles. The molecule has 1 fully saturated rings. The number of phenolic OH excluding ortho intramolecular Hbond substituents is 1. The van der Waals surface area contributed by atoms with E-state index in [1.807, 2.05) is 30.3 Å². The summed E-state index contributed by atoms with van der Waals surface area (Å²) in [6, 6.07) is 17.2. The fourth-order valence-electron chi connectivity index (χ4n) is 2.82. The largest absolute Gasteiger partial charge is 0.507 e. The lowest BCUT2D eigenvalue weighted by Gasteiger charge is -2.10. The highest BCUT2D eigenvalue weighted by molar-refractivity contribution is 6.00. The number of phenols is 1. The molecule has 7 heteroatoms. The smallest absolute Gasteiger partial charge is 0.288 e. The molecule has 0 atom stereocenters. The minimum Gasteiger partial charge on any atom is -0.507 e. The Kier molecular flexibility index (Phi) is 4.33. The van der Waals surface area contributed by atoms with Crippen LogP contribution in [0.1, 0.15) is 45.3 Å². The maximum absolute atomic E-state index is 12.7. The number of carbonyl (C=O) groups is 2. The second-order valence-corrected chi connectivity index (χ2v) is 6.40. The molecule has 1 aliphatic rings. The van der Waals surface area contributed by atoms with Crippen LogP contribution in [0.4, 0.5) is 0 Å². The van der Waals surface area contributed by atoms with Gasteiger partial charge in [-0.2, -0.15) is 5.10 Å². The molecule has 3 N–H and O–H groups in total. The van der Waals surface area contributed by atoms with E-state index in [9.17, 15) is 14.7 Å². The first-order valence-electron chi connectivity index (χ1n) is 8.67. The van der Waals surface area contributed by atoms with Crippen LogP contribution in [0.25, 0.3) is 5.69 Å². The van der Waals surface area contributed by atoms with Gasteiger partial charge in [0.15, 0.2) is 0 Å². The monoisotopic (exact) mass is 362 g/mol. The lowest BCUT2D eigenvalue weighted by Crippen LogP contribution is -2.42. The Bertz CT molecular complexity index is 993. The molecule has 4 rings (SSSR count). The summed E-state index contributed by atoms with van der Waals surface area (Å²) in [4.78, 5) is 24.8. The normalized spacial score (nSPS) is 13.2. The van der Waals surface area contributed by atoms with Gasteiger partial charge in [-0.3, -0.25) is 20.4 Å². The number of nitrogens with zero attached hydrogens (tertiary/aromatic N) is 2. The fraction of sp³-hybridized carbons (Fsp3) is 0.150. The Hall–Kier alpha value is -3.61. The van der Waals surface area contributed by atoms with Crippen molar-refractivity contribution >= 4 is 11.8 Å². The van der Waals surface area contributed by atoms with Crippen molar-refractivity contribution in [3.8, 4) is 11.4 Å². The molecular weight excluding hydrogens is 344 g/mol. The number of hydrogen-bond acceptors (Lipinski definition) is 4. The molecular formula is C20H18N4O3. The van der Waals surface area contributed by atoms with Crippen LogP contribution < -0.4 is 10.9 Å². The molecule has 0 bridgehead atoms. The zero-order valence-corrected chi connectivity index (χ0v) is 14.4. The molecule has 2 aromatic carbocycles. The van der Waals surface area contributed by atoms with Gasteiger partial charge in [0.05, 0.1) is 16.9 Å². The highest BCUT2D eigenvalue weighted by Gasteiger charge is 2.29. The van der Waals surface area contributed by atoms with Crippen molar-refractivity contribution in [3.05, 3.63) is 77.6 Å². The van der Waals surface area contributed by atoms with Crippen molar-refractivity contribution in [2.24, 2.45) is 0 Å². The summed E-state index contributed by atoms with van der Waals surface area (Å²) in [5.41, 5.74) is 6.78. The van der Waals surface area contributed by atoms with Gasteiger partial charge in [-0.1, -0.05) is 30.3 Å². The van der Waals surface area contributed by atoms with Crippen molar-refractivity contribution < 1.29 is 14.7 Å². The topological polar surface area (TPSA) is 96.3 Å². The van der Waals surface area contributed by atoms with Crippen LogP contribution in [0.5, 0.6) is 5.75 Å². The summed E-state index contributed by atoms with van der Waals surface area (Å²) in [7, 11) is 0. The number of hydrogen-bond donors (Lipinski definition) is 3. The summed E-state index contributed by atoms with van der Waals surface area (Å²) >= 11 is 0. The highest BCUT2D eigenvalue weighted by Crippen LogP contribution is 2.39. The van der Waals surface area contributed by atoms with Crippen LogP contribution in [-0.4, -0.2) is 26.7 Å². The zero-order chi connectivity index (χ0) is 18.8. The van der Waals surface area contributed by atoms with E-state index in [4.69, 9.17) is 0 Å². The van der Waals surface area contributed by atoms with Crippen molar-refractivity contribution in [2.45, 2.75) is 18.8 Å². The summed E-state index contributed by atoms with van der Waals surface area (Å²) < 4.78 is 1.58. The Labute approximate surface area is 155 Å². The Morgan fingerprint density at radius 3 is 2.33 bits per heavy atom. The molecule has 136 valence electrons. The number of rotatable bonds is 4. The van der Waals surface area contributed by atoms with Gasteiger partial charge in [0, 0.05) is 5.92 Å². The number of benzene rings is 2. The molecule has 0 aliphatic heterocycles. The summed E-state index contributed by atoms with van der Waals surface area (Å²) in [5, 5.41) is 14.3. The summed E-state index contributed by atoms with van der Waals surface area (Å²) in [6.45, 7) is 0. The molecule has 0 saturated heterocycles. The van der Waals surface area contributed by atoms with Crippen molar-refractivity contribution in [2.75, 3.05) is 0 Å². The Balaban J connectivity index is 1.55. The van der Waals surface area contributed by atoms with Crippen LogP contribution >= 0.6 is 0 Å². The molecule has 0 unspecified atom stereocenters. The second-order valence-electron chi connectivity index (χ2n) is 6.40. The first-order chi connectivity index (χ1) is 13.1. The predicted molar refractivity (Wildman–Crippen MR) is 98.6 cm³/mol. The lowest BCUT2D eigenvalue weighted by molar-refractivity contribution is 0.0840. The Morgan fingerprint density at radius 1 is 0.963 bits per heavy atom. The highest BCUT2D eigenvalue weighted by atomic mass is 16.3. The number of aromatic hydroxyl groups is 1. The van der Waals surface area contributed by atoms with E-state index in [0.717, 1.165) is 24.2 Å². The van der Waals surface area contributed by atoms with E-state index in [2.05, 4.69) is 16.0 Å². The molecule has 27 heavy (non-hydrogen) atoms. The van der Waals surface area contributed by atoms with Gasteiger partial charge >= 0.3 is 0 Å². The van der Waals surface area contributed by atoms with E-state index in [1.165, 1.54) is 12.1 Å². The molecule has 0 spiro atoms.